The molecule has 0 bridgehead atoms. The van der Waals surface area contributed by atoms with Gasteiger partial charge in [-0.15, -0.1) is 0 Å². The van der Waals surface area contributed by atoms with Crippen molar-refractivity contribution in [1.29, 1.82) is 0 Å². The van der Waals surface area contributed by atoms with Crippen LogP contribution < -0.4 is 14.8 Å². The second-order valence-corrected chi connectivity index (χ2v) is 5.33. The molecule has 0 heterocycles. The molecule has 2 aromatic carbocycles. The van der Waals surface area contributed by atoms with E-state index in [9.17, 15) is 18.0 Å². The van der Waals surface area contributed by atoms with Crippen LogP contribution in [0.25, 0.3) is 0 Å². The fourth-order valence-corrected chi connectivity index (χ4v) is 2.15. The number of carbonyl (C=O) groups excluding carboxylic acids is 1. The summed E-state index contributed by atoms with van der Waals surface area (Å²) in [6, 6.07) is 11.7. The molecule has 2 aromatic rings. The van der Waals surface area contributed by atoms with Gasteiger partial charge in [-0.25, -0.2) is 0 Å². The monoisotopic (exact) mass is 353 g/mol. The van der Waals surface area contributed by atoms with Crippen molar-refractivity contribution in [2.75, 3.05) is 7.11 Å². The highest BCUT2D eigenvalue weighted by Crippen LogP contribution is 2.29. The molecule has 0 fully saturated rings. The molecule has 0 saturated carbocycles. The summed E-state index contributed by atoms with van der Waals surface area (Å²) in [5, 5.41) is 2.56. The quantitative estimate of drug-likeness (QED) is 0.859. The van der Waals surface area contributed by atoms with Crippen LogP contribution in [0.5, 0.6) is 11.5 Å². The minimum atomic E-state index is -4.42. The molecule has 0 aliphatic rings. The van der Waals surface area contributed by atoms with Crippen molar-refractivity contribution in [1.82, 2.24) is 5.32 Å². The Labute approximate surface area is 143 Å². The second kappa shape index (κ2) is 7.92. The summed E-state index contributed by atoms with van der Waals surface area (Å²) in [5.41, 5.74) is -0.398. The summed E-state index contributed by atoms with van der Waals surface area (Å²) < 4.78 is 48.8. The number of methoxy groups -OCH3 is 1. The fourth-order valence-electron chi connectivity index (χ4n) is 2.15. The minimum absolute atomic E-state index is 0.0254. The molecule has 0 spiro atoms. The Kier molecular flexibility index (Phi) is 5.90. The minimum Gasteiger partial charge on any atom is -0.493 e. The topological polar surface area (TPSA) is 47.6 Å². The zero-order valence-electron chi connectivity index (χ0n) is 13.8. The van der Waals surface area contributed by atoms with Crippen LogP contribution in [-0.4, -0.2) is 19.1 Å². The van der Waals surface area contributed by atoms with E-state index in [1.165, 1.54) is 19.2 Å². The van der Waals surface area contributed by atoms with E-state index >= 15 is 0 Å². The van der Waals surface area contributed by atoms with Crippen molar-refractivity contribution in [3.63, 3.8) is 0 Å². The Bertz CT molecular complexity index is 732. The van der Waals surface area contributed by atoms with Gasteiger partial charge in [-0.3, -0.25) is 4.79 Å². The van der Waals surface area contributed by atoms with Crippen LogP contribution in [0.15, 0.2) is 48.5 Å². The molecule has 0 aliphatic heterocycles. The number of para-hydroxylation sites is 2. The Morgan fingerprint density at radius 1 is 1.12 bits per heavy atom. The highest BCUT2D eigenvalue weighted by molar-refractivity contribution is 5.80. The number of halogens is 3. The Balaban J connectivity index is 1.96. The van der Waals surface area contributed by atoms with Crippen molar-refractivity contribution < 1.29 is 27.4 Å². The van der Waals surface area contributed by atoms with E-state index in [1.54, 1.807) is 31.2 Å². The number of alkyl halides is 3. The highest BCUT2D eigenvalue weighted by Gasteiger charge is 2.30. The molecule has 4 nitrogen and oxygen atoms in total. The second-order valence-electron chi connectivity index (χ2n) is 5.33. The van der Waals surface area contributed by atoms with Crippen molar-refractivity contribution in [2.24, 2.45) is 0 Å². The van der Waals surface area contributed by atoms with Gasteiger partial charge in [0, 0.05) is 6.54 Å². The predicted molar refractivity (Wildman–Crippen MR) is 86.4 cm³/mol. The third-order valence-corrected chi connectivity index (χ3v) is 3.46. The Morgan fingerprint density at radius 2 is 1.80 bits per heavy atom. The maximum absolute atomic E-state index is 12.7. The largest absolute Gasteiger partial charge is 0.493 e. The number of hydrogen-bond acceptors (Lipinski definition) is 3. The average molecular weight is 353 g/mol. The van der Waals surface area contributed by atoms with Gasteiger partial charge in [-0.2, -0.15) is 13.2 Å². The zero-order valence-corrected chi connectivity index (χ0v) is 13.8. The molecule has 25 heavy (non-hydrogen) atoms. The van der Waals surface area contributed by atoms with Gasteiger partial charge in [0.15, 0.2) is 17.6 Å². The lowest BCUT2D eigenvalue weighted by atomic mass is 10.1. The van der Waals surface area contributed by atoms with E-state index in [-0.39, 0.29) is 6.54 Å². The molecular weight excluding hydrogens is 335 g/mol. The smallest absolute Gasteiger partial charge is 0.416 e. The van der Waals surface area contributed by atoms with Crippen LogP contribution in [0.3, 0.4) is 0 Å². The molecule has 0 unspecified atom stereocenters. The summed E-state index contributed by atoms with van der Waals surface area (Å²) in [7, 11) is 1.49. The van der Waals surface area contributed by atoms with Gasteiger partial charge >= 0.3 is 6.18 Å². The summed E-state index contributed by atoms with van der Waals surface area (Å²) in [4.78, 5) is 12.1. The van der Waals surface area contributed by atoms with Gasteiger partial charge < -0.3 is 14.8 Å². The first-order valence-electron chi connectivity index (χ1n) is 7.55. The van der Waals surface area contributed by atoms with E-state index in [4.69, 9.17) is 9.47 Å². The van der Waals surface area contributed by atoms with Gasteiger partial charge in [0.2, 0.25) is 0 Å². The van der Waals surface area contributed by atoms with E-state index in [2.05, 4.69) is 5.32 Å². The first-order valence-corrected chi connectivity index (χ1v) is 7.55. The summed E-state index contributed by atoms with van der Waals surface area (Å²) in [6.45, 7) is 1.52. The van der Waals surface area contributed by atoms with Crippen LogP contribution >= 0.6 is 0 Å². The molecule has 1 atom stereocenters. The molecule has 0 aliphatic carbocycles. The lowest BCUT2D eigenvalue weighted by Crippen LogP contribution is -2.36. The maximum atomic E-state index is 12.7. The van der Waals surface area contributed by atoms with Gasteiger partial charge in [0.05, 0.1) is 12.7 Å². The summed E-state index contributed by atoms with van der Waals surface area (Å²) in [6.07, 6.45) is -5.25. The Hall–Kier alpha value is -2.70. The number of benzene rings is 2. The standard InChI is InChI=1S/C18H18F3NO3/c1-12(25-16-9-4-3-8-15(16)24-2)17(23)22-11-13-6-5-7-14(10-13)18(19,20)21/h3-10,12H,11H2,1-2H3,(H,22,23)/t12-/m1/s1. The van der Waals surface area contributed by atoms with E-state index in [1.807, 2.05) is 0 Å². The number of carbonyl (C=O) groups is 1. The number of amides is 1. The van der Waals surface area contributed by atoms with Gasteiger partial charge in [0.1, 0.15) is 0 Å². The van der Waals surface area contributed by atoms with Crippen molar-refractivity contribution in [3.8, 4) is 11.5 Å². The van der Waals surface area contributed by atoms with E-state index in [0.717, 1.165) is 12.1 Å². The zero-order chi connectivity index (χ0) is 18.4. The van der Waals surface area contributed by atoms with Crippen molar-refractivity contribution >= 4 is 5.91 Å². The summed E-state index contributed by atoms with van der Waals surface area (Å²) in [5.74, 6) is 0.454. The van der Waals surface area contributed by atoms with Crippen LogP contribution in [0, 0.1) is 0 Å². The van der Waals surface area contributed by atoms with Gasteiger partial charge in [-0.1, -0.05) is 24.3 Å². The van der Waals surface area contributed by atoms with Gasteiger partial charge in [-0.05, 0) is 36.8 Å². The normalized spacial score (nSPS) is 12.4. The van der Waals surface area contributed by atoms with E-state index < -0.39 is 23.8 Å². The van der Waals surface area contributed by atoms with Crippen LogP contribution in [-0.2, 0) is 17.5 Å². The SMILES string of the molecule is COc1ccccc1O[C@H](C)C(=O)NCc1cccc(C(F)(F)F)c1. The number of hydrogen-bond donors (Lipinski definition) is 1. The molecule has 2 rings (SSSR count). The third kappa shape index (κ3) is 5.14. The molecule has 7 heteroatoms. The van der Waals surface area contributed by atoms with Crippen molar-refractivity contribution in [2.45, 2.75) is 25.7 Å². The number of ether oxygens (including phenoxy) is 2. The van der Waals surface area contributed by atoms with Crippen LogP contribution in [0.4, 0.5) is 13.2 Å². The fraction of sp³-hybridized carbons (Fsp3) is 0.278. The highest BCUT2D eigenvalue weighted by atomic mass is 19.4. The average Bonchev–Trinajstić information content (AvgIpc) is 2.59. The number of nitrogens with one attached hydrogen (secondary N) is 1. The lowest BCUT2D eigenvalue weighted by Gasteiger charge is -2.17. The molecule has 0 radical (unpaired) electrons. The third-order valence-electron chi connectivity index (χ3n) is 3.46. The first kappa shape index (κ1) is 18.6. The van der Waals surface area contributed by atoms with Crippen molar-refractivity contribution in [3.05, 3.63) is 59.7 Å². The lowest BCUT2D eigenvalue weighted by molar-refractivity contribution is -0.137. The molecule has 134 valence electrons. The van der Waals surface area contributed by atoms with Gasteiger partial charge in [0.25, 0.3) is 5.91 Å². The van der Waals surface area contributed by atoms with Crippen LogP contribution in [0.2, 0.25) is 0 Å². The first-order chi connectivity index (χ1) is 11.8. The molecule has 1 amide bonds. The summed E-state index contributed by atoms with van der Waals surface area (Å²) >= 11 is 0. The number of rotatable bonds is 6. The molecule has 0 saturated heterocycles. The molecule has 1 N–H and O–H groups in total. The molecule has 0 aromatic heterocycles. The Morgan fingerprint density at radius 3 is 2.44 bits per heavy atom. The van der Waals surface area contributed by atoms with Crippen LogP contribution in [0.1, 0.15) is 18.1 Å². The maximum Gasteiger partial charge on any atom is 0.416 e. The molecular formula is C18H18F3NO3. The predicted octanol–water partition coefficient (Wildman–Crippen LogP) is 3.80. The van der Waals surface area contributed by atoms with E-state index in [0.29, 0.717) is 17.1 Å².